The Hall–Kier alpha value is -0.250. The highest BCUT2D eigenvalue weighted by molar-refractivity contribution is 8.00. The van der Waals surface area contributed by atoms with Gasteiger partial charge in [-0.05, 0) is 13.8 Å². The fourth-order valence-corrected chi connectivity index (χ4v) is 1.04. The fourth-order valence-electron chi connectivity index (χ4n) is 0.348. The Morgan fingerprint density at radius 1 is 1.70 bits per heavy atom. The molecule has 0 aliphatic rings. The number of aliphatic carboxylic acids is 1. The molecule has 0 aliphatic heterocycles. The third-order valence-electron chi connectivity index (χ3n) is 0.924. The molecule has 0 saturated heterocycles. The van der Waals surface area contributed by atoms with Crippen molar-refractivity contribution in [2.24, 2.45) is 0 Å². The Morgan fingerprint density at radius 2 is 2.20 bits per heavy atom. The van der Waals surface area contributed by atoms with Gasteiger partial charge in [0.05, 0.1) is 5.25 Å². The summed E-state index contributed by atoms with van der Waals surface area (Å²) in [5.74, 6) is -0.626. The molecule has 2 nitrogen and oxygen atoms in total. The largest absolute Gasteiger partial charge is 0.480 e. The summed E-state index contributed by atoms with van der Waals surface area (Å²) >= 11 is 1.12. The van der Waals surface area contributed by atoms with Crippen LogP contribution in [0.3, 0.4) is 0 Å². The number of alkyl halides is 1. The summed E-state index contributed by atoms with van der Waals surface area (Å²) < 4.78 is 12.1. The first-order valence-corrected chi connectivity index (χ1v) is 4.07. The van der Waals surface area contributed by atoms with Crippen molar-refractivity contribution in [3.63, 3.8) is 0 Å². The first-order chi connectivity index (χ1) is 4.54. The van der Waals surface area contributed by atoms with Gasteiger partial charge in [0.25, 0.3) is 0 Å². The van der Waals surface area contributed by atoms with Crippen LogP contribution in [0.15, 0.2) is 0 Å². The number of hydrogen-bond donors (Lipinski definition) is 1. The van der Waals surface area contributed by atoms with Crippen LogP contribution in [0.1, 0.15) is 13.8 Å². The molecule has 1 N–H and O–H groups in total. The second kappa shape index (κ2) is 4.55. The number of rotatable bonds is 4. The maximum Gasteiger partial charge on any atom is 0.316 e. The SMILES string of the molecule is CC(F)CSC(C)C(=O)O. The lowest BCUT2D eigenvalue weighted by Gasteiger charge is -2.05. The molecule has 2 atom stereocenters. The van der Waals surface area contributed by atoms with Crippen LogP contribution >= 0.6 is 11.8 Å². The highest BCUT2D eigenvalue weighted by Crippen LogP contribution is 2.12. The number of carboxylic acid groups (broad SMARTS) is 1. The third-order valence-corrected chi connectivity index (χ3v) is 2.28. The maximum absolute atomic E-state index is 12.1. The lowest BCUT2D eigenvalue weighted by Crippen LogP contribution is -2.14. The minimum atomic E-state index is -0.924. The number of thioether (sulfide) groups is 1. The Morgan fingerprint density at radius 3 is 2.50 bits per heavy atom. The topological polar surface area (TPSA) is 37.3 Å². The lowest BCUT2D eigenvalue weighted by atomic mass is 10.5. The monoisotopic (exact) mass is 166 g/mol. The molecule has 0 fully saturated rings. The summed E-state index contributed by atoms with van der Waals surface area (Å²) in [5, 5.41) is 7.85. The van der Waals surface area contributed by atoms with E-state index < -0.39 is 17.4 Å². The quantitative estimate of drug-likeness (QED) is 0.688. The van der Waals surface area contributed by atoms with Crippen molar-refractivity contribution in [2.75, 3.05) is 5.75 Å². The average Bonchev–Trinajstić information content (AvgIpc) is 1.82. The molecule has 0 amide bonds. The Kier molecular flexibility index (Phi) is 4.43. The Labute approximate surface area is 63.8 Å². The zero-order valence-electron chi connectivity index (χ0n) is 6.00. The minimum absolute atomic E-state index is 0.257. The van der Waals surface area contributed by atoms with Gasteiger partial charge in [-0.3, -0.25) is 4.79 Å². The molecule has 4 heteroatoms. The Balaban J connectivity index is 3.40. The van der Waals surface area contributed by atoms with Gasteiger partial charge >= 0.3 is 5.97 Å². The van der Waals surface area contributed by atoms with E-state index >= 15 is 0 Å². The highest BCUT2D eigenvalue weighted by Gasteiger charge is 2.11. The minimum Gasteiger partial charge on any atom is -0.480 e. The zero-order valence-corrected chi connectivity index (χ0v) is 6.82. The summed E-state index contributed by atoms with van der Waals surface area (Å²) in [4.78, 5) is 10.2. The molecule has 0 heterocycles. The molecule has 0 aromatic rings. The molecule has 0 spiro atoms. The van der Waals surface area contributed by atoms with Crippen molar-refractivity contribution in [1.82, 2.24) is 0 Å². The van der Waals surface area contributed by atoms with Crippen molar-refractivity contribution in [1.29, 1.82) is 0 Å². The van der Waals surface area contributed by atoms with E-state index in [9.17, 15) is 9.18 Å². The van der Waals surface area contributed by atoms with Crippen molar-refractivity contribution in [2.45, 2.75) is 25.3 Å². The van der Waals surface area contributed by atoms with Gasteiger partial charge in [0.1, 0.15) is 6.17 Å². The summed E-state index contributed by atoms with van der Waals surface area (Å²) in [6.07, 6.45) is -0.924. The van der Waals surface area contributed by atoms with Crippen molar-refractivity contribution in [3.05, 3.63) is 0 Å². The molecule has 0 radical (unpaired) electrons. The molecular formula is C6H11FO2S. The van der Waals surface area contributed by atoms with Gasteiger partial charge in [0.2, 0.25) is 0 Å². The maximum atomic E-state index is 12.1. The Bertz CT molecular complexity index is 116. The van der Waals surface area contributed by atoms with Crippen molar-refractivity contribution >= 4 is 17.7 Å². The molecule has 0 aliphatic carbocycles. The predicted molar refractivity (Wildman–Crippen MR) is 40.1 cm³/mol. The van der Waals surface area contributed by atoms with Crippen LogP contribution in [0.2, 0.25) is 0 Å². The van der Waals surface area contributed by atoms with Crippen LogP contribution in [-0.4, -0.2) is 28.3 Å². The van der Waals surface area contributed by atoms with Crippen LogP contribution in [0.5, 0.6) is 0 Å². The van der Waals surface area contributed by atoms with Crippen LogP contribution in [0.4, 0.5) is 4.39 Å². The first kappa shape index (κ1) is 9.75. The van der Waals surface area contributed by atoms with Gasteiger partial charge in [0.15, 0.2) is 0 Å². The van der Waals surface area contributed by atoms with Crippen LogP contribution < -0.4 is 0 Å². The first-order valence-electron chi connectivity index (χ1n) is 3.02. The van der Waals surface area contributed by atoms with E-state index in [2.05, 4.69) is 0 Å². The van der Waals surface area contributed by atoms with Crippen molar-refractivity contribution < 1.29 is 14.3 Å². The highest BCUT2D eigenvalue weighted by atomic mass is 32.2. The molecule has 0 bridgehead atoms. The zero-order chi connectivity index (χ0) is 8.15. The van der Waals surface area contributed by atoms with E-state index in [4.69, 9.17) is 5.11 Å². The second-order valence-electron chi connectivity index (χ2n) is 2.09. The smallest absolute Gasteiger partial charge is 0.316 e. The van der Waals surface area contributed by atoms with Crippen molar-refractivity contribution in [3.8, 4) is 0 Å². The normalized spacial score (nSPS) is 16.3. The van der Waals surface area contributed by atoms with Crippen LogP contribution in [0, 0.1) is 0 Å². The lowest BCUT2D eigenvalue weighted by molar-refractivity contribution is -0.136. The van der Waals surface area contributed by atoms with Gasteiger partial charge in [-0.25, -0.2) is 4.39 Å². The van der Waals surface area contributed by atoms with Gasteiger partial charge < -0.3 is 5.11 Å². The average molecular weight is 166 g/mol. The summed E-state index contributed by atoms with van der Waals surface area (Å²) in [7, 11) is 0. The number of carbonyl (C=O) groups is 1. The van der Waals surface area contributed by atoms with E-state index in [1.165, 1.54) is 6.92 Å². The molecule has 10 heavy (non-hydrogen) atoms. The molecule has 0 aromatic carbocycles. The predicted octanol–water partition coefficient (Wildman–Crippen LogP) is 1.55. The summed E-state index contributed by atoms with van der Waals surface area (Å²) in [6.45, 7) is 2.97. The molecule has 2 unspecified atom stereocenters. The molecule has 0 aromatic heterocycles. The second-order valence-corrected chi connectivity index (χ2v) is 3.47. The molecule has 60 valence electrons. The van der Waals surface area contributed by atoms with Crippen LogP contribution in [0.25, 0.3) is 0 Å². The molecule has 0 rings (SSSR count). The van der Waals surface area contributed by atoms with E-state index in [-0.39, 0.29) is 5.75 Å². The standard InChI is InChI=1S/C6H11FO2S/c1-4(7)3-10-5(2)6(8)9/h4-5H,3H2,1-2H3,(H,8,9). The molecular weight excluding hydrogens is 155 g/mol. The van der Waals surface area contributed by atoms with E-state index in [0.717, 1.165) is 11.8 Å². The van der Waals surface area contributed by atoms with E-state index in [1.54, 1.807) is 6.92 Å². The van der Waals surface area contributed by atoms with E-state index in [1.807, 2.05) is 0 Å². The van der Waals surface area contributed by atoms with E-state index in [0.29, 0.717) is 0 Å². The number of carboxylic acids is 1. The summed E-state index contributed by atoms with van der Waals surface area (Å²) in [6, 6.07) is 0. The molecule has 0 saturated carbocycles. The summed E-state index contributed by atoms with van der Waals surface area (Å²) in [5.41, 5.74) is 0. The fraction of sp³-hybridized carbons (Fsp3) is 0.833. The third kappa shape index (κ3) is 4.61. The number of halogens is 1. The number of hydrogen-bond acceptors (Lipinski definition) is 2. The van der Waals surface area contributed by atoms with Gasteiger partial charge in [-0.1, -0.05) is 0 Å². The van der Waals surface area contributed by atoms with Gasteiger partial charge in [-0.15, -0.1) is 11.8 Å². The van der Waals surface area contributed by atoms with Gasteiger partial charge in [0, 0.05) is 5.75 Å². The van der Waals surface area contributed by atoms with Crippen LogP contribution in [-0.2, 0) is 4.79 Å². The van der Waals surface area contributed by atoms with Gasteiger partial charge in [-0.2, -0.15) is 0 Å².